The maximum Gasteiger partial charge on any atom is 0.149 e. The molecule has 0 unspecified atom stereocenters. The number of aromatic nitrogens is 1. The molecule has 13 heavy (non-hydrogen) atoms. The SMILES string of the molecule is CN1CCCNc2ncc(Br)cc21. The molecule has 70 valence electrons. The van der Waals surface area contributed by atoms with E-state index in [1.165, 1.54) is 5.69 Å². The van der Waals surface area contributed by atoms with Gasteiger partial charge in [0, 0.05) is 30.8 Å². The zero-order chi connectivity index (χ0) is 9.26. The van der Waals surface area contributed by atoms with E-state index in [9.17, 15) is 0 Å². The minimum absolute atomic E-state index is 0.989. The van der Waals surface area contributed by atoms with Gasteiger partial charge < -0.3 is 10.2 Å². The highest BCUT2D eigenvalue weighted by Gasteiger charge is 2.12. The topological polar surface area (TPSA) is 28.2 Å². The van der Waals surface area contributed by atoms with Crippen LogP contribution in [0.4, 0.5) is 11.5 Å². The standard InChI is InChI=1S/C9H12BrN3/c1-13-4-2-3-11-9-8(13)5-7(10)6-12-9/h5-6H,2-4H2,1H3,(H,11,12). The molecule has 0 atom stereocenters. The highest BCUT2D eigenvalue weighted by molar-refractivity contribution is 9.10. The first-order valence-electron chi connectivity index (χ1n) is 4.38. The molecule has 1 aliphatic heterocycles. The Morgan fingerprint density at radius 1 is 1.62 bits per heavy atom. The summed E-state index contributed by atoms with van der Waals surface area (Å²) in [5.74, 6) is 0.989. The molecule has 2 rings (SSSR count). The van der Waals surface area contributed by atoms with Crippen molar-refractivity contribution in [1.82, 2.24) is 4.98 Å². The molecule has 1 aromatic rings. The van der Waals surface area contributed by atoms with Gasteiger partial charge in [0.25, 0.3) is 0 Å². The van der Waals surface area contributed by atoms with E-state index >= 15 is 0 Å². The lowest BCUT2D eigenvalue weighted by Crippen LogP contribution is -2.17. The average molecular weight is 242 g/mol. The molecule has 0 aromatic carbocycles. The number of hydrogen-bond donors (Lipinski definition) is 1. The Labute approximate surface area is 86.3 Å². The normalized spacial score (nSPS) is 16.0. The lowest BCUT2D eigenvalue weighted by Gasteiger charge is -2.17. The van der Waals surface area contributed by atoms with E-state index in [1.807, 2.05) is 6.20 Å². The van der Waals surface area contributed by atoms with Crippen LogP contribution in [0.15, 0.2) is 16.7 Å². The van der Waals surface area contributed by atoms with Crippen LogP contribution in [0.1, 0.15) is 6.42 Å². The van der Waals surface area contributed by atoms with Gasteiger partial charge in [-0.25, -0.2) is 4.98 Å². The second-order valence-corrected chi connectivity index (χ2v) is 4.14. The van der Waals surface area contributed by atoms with Gasteiger partial charge >= 0.3 is 0 Å². The van der Waals surface area contributed by atoms with Crippen LogP contribution in [0.25, 0.3) is 0 Å². The molecule has 0 saturated carbocycles. The largest absolute Gasteiger partial charge is 0.372 e. The summed E-state index contributed by atoms with van der Waals surface area (Å²) in [7, 11) is 2.10. The van der Waals surface area contributed by atoms with Crippen molar-refractivity contribution in [3.63, 3.8) is 0 Å². The van der Waals surface area contributed by atoms with Gasteiger partial charge in [-0.3, -0.25) is 0 Å². The molecule has 2 heterocycles. The summed E-state index contributed by atoms with van der Waals surface area (Å²) in [6.45, 7) is 2.09. The summed E-state index contributed by atoms with van der Waals surface area (Å²) in [5, 5.41) is 3.31. The Hall–Kier alpha value is -0.770. The Bertz CT molecular complexity index is 314. The Kier molecular flexibility index (Phi) is 2.40. The fraction of sp³-hybridized carbons (Fsp3) is 0.444. The average Bonchev–Trinajstić information content (AvgIpc) is 2.29. The van der Waals surface area contributed by atoms with Crippen molar-refractivity contribution in [3.8, 4) is 0 Å². The molecule has 0 radical (unpaired) electrons. The smallest absolute Gasteiger partial charge is 0.149 e. The predicted octanol–water partition coefficient (Wildman–Crippen LogP) is 2.10. The third-order valence-corrected chi connectivity index (χ3v) is 2.64. The van der Waals surface area contributed by atoms with Crippen molar-refractivity contribution >= 4 is 27.4 Å². The van der Waals surface area contributed by atoms with Crippen LogP contribution in [0.5, 0.6) is 0 Å². The molecule has 1 aliphatic rings. The molecule has 0 aliphatic carbocycles. The van der Waals surface area contributed by atoms with E-state index in [0.717, 1.165) is 29.8 Å². The summed E-state index contributed by atoms with van der Waals surface area (Å²) in [6.07, 6.45) is 2.98. The first kappa shape index (κ1) is 8.81. The summed E-state index contributed by atoms with van der Waals surface area (Å²) < 4.78 is 1.03. The van der Waals surface area contributed by atoms with Crippen LogP contribution in [0.3, 0.4) is 0 Å². The van der Waals surface area contributed by atoms with Crippen molar-refractivity contribution in [2.24, 2.45) is 0 Å². The molecule has 0 bridgehead atoms. The number of pyridine rings is 1. The quantitative estimate of drug-likeness (QED) is 0.755. The van der Waals surface area contributed by atoms with Crippen LogP contribution in [-0.4, -0.2) is 25.1 Å². The fourth-order valence-corrected chi connectivity index (χ4v) is 1.82. The van der Waals surface area contributed by atoms with Gasteiger partial charge in [-0.05, 0) is 28.4 Å². The van der Waals surface area contributed by atoms with Crippen LogP contribution in [-0.2, 0) is 0 Å². The number of hydrogen-bond acceptors (Lipinski definition) is 3. The Morgan fingerprint density at radius 3 is 3.31 bits per heavy atom. The molecular weight excluding hydrogens is 230 g/mol. The highest BCUT2D eigenvalue weighted by Crippen LogP contribution is 2.27. The minimum Gasteiger partial charge on any atom is -0.372 e. The van der Waals surface area contributed by atoms with Crippen LogP contribution >= 0.6 is 15.9 Å². The molecule has 1 N–H and O–H groups in total. The van der Waals surface area contributed by atoms with E-state index in [1.54, 1.807) is 0 Å². The maximum atomic E-state index is 4.33. The Balaban J connectivity index is 2.43. The van der Waals surface area contributed by atoms with Gasteiger partial charge in [0.05, 0.1) is 5.69 Å². The van der Waals surface area contributed by atoms with E-state index < -0.39 is 0 Å². The lowest BCUT2D eigenvalue weighted by molar-refractivity contribution is 0.837. The van der Waals surface area contributed by atoms with E-state index in [0.29, 0.717) is 0 Å². The molecule has 4 heteroatoms. The fourth-order valence-electron chi connectivity index (χ4n) is 1.50. The number of nitrogens with zero attached hydrogens (tertiary/aromatic N) is 2. The third-order valence-electron chi connectivity index (χ3n) is 2.21. The van der Waals surface area contributed by atoms with E-state index in [2.05, 4.69) is 44.2 Å². The van der Waals surface area contributed by atoms with Gasteiger partial charge in [0.15, 0.2) is 0 Å². The van der Waals surface area contributed by atoms with Crippen molar-refractivity contribution in [3.05, 3.63) is 16.7 Å². The molecule has 0 fully saturated rings. The van der Waals surface area contributed by atoms with Gasteiger partial charge in [-0.2, -0.15) is 0 Å². The number of nitrogens with one attached hydrogen (secondary N) is 1. The van der Waals surface area contributed by atoms with Crippen molar-refractivity contribution in [2.75, 3.05) is 30.4 Å². The second-order valence-electron chi connectivity index (χ2n) is 3.22. The first-order valence-corrected chi connectivity index (χ1v) is 5.17. The second kappa shape index (κ2) is 3.54. The zero-order valence-corrected chi connectivity index (χ0v) is 9.13. The van der Waals surface area contributed by atoms with Gasteiger partial charge in [-0.15, -0.1) is 0 Å². The highest BCUT2D eigenvalue weighted by atomic mass is 79.9. The first-order chi connectivity index (χ1) is 6.27. The Morgan fingerprint density at radius 2 is 2.46 bits per heavy atom. The van der Waals surface area contributed by atoms with E-state index in [4.69, 9.17) is 0 Å². The molecule has 3 nitrogen and oxygen atoms in total. The summed E-state index contributed by atoms with van der Waals surface area (Å²) in [6, 6.07) is 2.10. The van der Waals surface area contributed by atoms with Crippen molar-refractivity contribution in [1.29, 1.82) is 0 Å². The van der Waals surface area contributed by atoms with Gasteiger partial charge in [-0.1, -0.05) is 0 Å². The van der Waals surface area contributed by atoms with Crippen molar-refractivity contribution in [2.45, 2.75) is 6.42 Å². The minimum atomic E-state index is 0.989. The summed E-state index contributed by atoms with van der Waals surface area (Å²) in [4.78, 5) is 6.56. The summed E-state index contributed by atoms with van der Waals surface area (Å²) in [5.41, 5.74) is 1.17. The molecule has 0 saturated heterocycles. The molecule has 0 amide bonds. The monoisotopic (exact) mass is 241 g/mol. The zero-order valence-electron chi connectivity index (χ0n) is 7.55. The van der Waals surface area contributed by atoms with Gasteiger partial charge in [0.1, 0.15) is 5.82 Å². The number of halogens is 1. The lowest BCUT2D eigenvalue weighted by atomic mass is 10.3. The van der Waals surface area contributed by atoms with Crippen LogP contribution < -0.4 is 10.2 Å². The number of fused-ring (bicyclic) bond motifs is 1. The molecule has 0 spiro atoms. The third kappa shape index (κ3) is 1.77. The molecular formula is C9H12BrN3. The number of anilines is 2. The predicted molar refractivity (Wildman–Crippen MR) is 58.3 cm³/mol. The summed E-state index contributed by atoms with van der Waals surface area (Å²) >= 11 is 3.43. The van der Waals surface area contributed by atoms with Crippen LogP contribution in [0.2, 0.25) is 0 Å². The molecule has 1 aromatic heterocycles. The van der Waals surface area contributed by atoms with E-state index in [-0.39, 0.29) is 0 Å². The maximum absolute atomic E-state index is 4.33. The number of rotatable bonds is 0. The van der Waals surface area contributed by atoms with Gasteiger partial charge in [0.2, 0.25) is 0 Å². The van der Waals surface area contributed by atoms with Crippen molar-refractivity contribution < 1.29 is 0 Å². The van der Waals surface area contributed by atoms with Crippen LogP contribution in [0, 0.1) is 0 Å².